The van der Waals surface area contributed by atoms with Crippen LogP contribution in [0.3, 0.4) is 0 Å². The topological polar surface area (TPSA) is 12.0 Å². The first kappa shape index (κ1) is 14.4. The van der Waals surface area contributed by atoms with Gasteiger partial charge in [-0.1, -0.05) is 59.6 Å². The van der Waals surface area contributed by atoms with Gasteiger partial charge in [0.2, 0.25) is 0 Å². The third-order valence-electron chi connectivity index (χ3n) is 3.26. The lowest BCUT2D eigenvalue weighted by Crippen LogP contribution is -2.16. The first-order valence-corrected chi connectivity index (χ1v) is 7.12. The largest absolute Gasteiger partial charge is 0.313 e. The summed E-state index contributed by atoms with van der Waals surface area (Å²) in [6.45, 7) is 0. The van der Waals surface area contributed by atoms with Gasteiger partial charge in [0.05, 0.1) is 10.0 Å². The Morgan fingerprint density at radius 1 is 1.00 bits per heavy atom. The molecule has 0 amide bonds. The molecule has 1 atom stereocenters. The molecule has 0 aliphatic carbocycles. The summed E-state index contributed by atoms with van der Waals surface area (Å²) in [5.74, 6) is 0. The predicted octanol–water partition coefficient (Wildman–Crippen LogP) is 4.89. The third kappa shape index (κ3) is 3.97. The normalized spacial score (nSPS) is 12.4. The van der Waals surface area contributed by atoms with Crippen LogP contribution < -0.4 is 5.32 Å². The maximum absolute atomic E-state index is 6.03. The van der Waals surface area contributed by atoms with E-state index in [1.54, 1.807) is 0 Å². The van der Waals surface area contributed by atoms with Crippen LogP contribution >= 0.6 is 23.2 Å². The zero-order chi connectivity index (χ0) is 13.7. The molecule has 2 aromatic rings. The summed E-state index contributed by atoms with van der Waals surface area (Å²) < 4.78 is 0. The fourth-order valence-corrected chi connectivity index (χ4v) is 2.49. The van der Waals surface area contributed by atoms with Crippen LogP contribution in [0.2, 0.25) is 10.0 Å². The average Bonchev–Trinajstić information content (AvgIpc) is 2.44. The van der Waals surface area contributed by atoms with Crippen LogP contribution in [0, 0.1) is 0 Å². The lowest BCUT2D eigenvalue weighted by atomic mass is 9.99. The standard InChI is InChI=1S/C16H17Cl2N/c1-19-16(13-5-3-2-4-6-13)10-8-12-7-9-14(17)15(18)11-12/h2-7,9,11,16,19H,8,10H2,1H3. The van der Waals surface area contributed by atoms with Gasteiger partial charge in [-0.3, -0.25) is 0 Å². The molecule has 0 fully saturated rings. The molecular weight excluding hydrogens is 277 g/mol. The lowest BCUT2D eigenvalue weighted by Gasteiger charge is -2.16. The Labute approximate surface area is 124 Å². The molecule has 0 spiro atoms. The van der Waals surface area contributed by atoms with E-state index >= 15 is 0 Å². The monoisotopic (exact) mass is 293 g/mol. The molecule has 0 bridgehead atoms. The van der Waals surface area contributed by atoms with Crippen LogP contribution in [0.15, 0.2) is 48.5 Å². The van der Waals surface area contributed by atoms with E-state index in [0.29, 0.717) is 16.1 Å². The van der Waals surface area contributed by atoms with Gasteiger partial charge in [0.25, 0.3) is 0 Å². The summed E-state index contributed by atoms with van der Waals surface area (Å²) in [5.41, 5.74) is 2.52. The first-order chi connectivity index (χ1) is 9.20. The summed E-state index contributed by atoms with van der Waals surface area (Å²) in [7, 11) is 1.99. The van der Waals surface area contributed by atoms with Gasteiger partial charge in [-0.15, -0.1) is 0 Å². The Balaban J connectivity index is 2.02. The predicted molar refractivity (Wildman–Crippen MR) is 83.0 cm³/mol. The number of benzene rings is 2. The number of hydrogen-bond donors (Lipinski definition) is 1. The van der Waals surface area contributed by atoms with Gasteiger partial charge < -0.3 is 5.32 Å². The SMILES string of the molecule is CNC(CCc1ccc(Cl)c(Cl)c1)c1ccccc1. The van der Waals surface area contributed by atoms with Crippen LogP contribution in [0.25, 0.3) is 0 Å². The van der Waals surface area contributed by atoms with Crippen molar-refractivity contribution >= 4 is 23.2 Å². The molecule has 0 aliphatic rings. The van der Waals surface area contributed by atoms with E-state index in [4.69, 9.17) is 23.2 Å². The van der Waals surface area contributed by atoms with E-state index in [1.807, 2.05) is 31.3 Å². The van der Waals surface area contributed by atoms with Gasteiger partial charge in [0.15, 0.2) is 0 Å². The fraction of sp³-hybridized carbons (Fsp3) is 0.250. The molecule has 1 nitrogen and oxygen atoms in total. The molecule has 0 aliphatic heterocycles. The Bertz CT molecular complexity index is 526. The molecule has 1 N–H and O–H groups in total. The quantitative estimate of drug-likeness (QED) is 0.828. The molecule has 19 heavy (non-hydrogen) atoms. The van der Waals surface area contributed by atoms with E-state index in [0.717, 1.165) is 12.8 Å². The van der Waals surface area contributed by atoms with Crippen LogP contribution in [-0.4, -0.2) is 7.05 Å². The number of hydrogen-bond acceptors (Lipinski definition) is 1. The van der Waals surface area contributed by atoms with E-state index in [9.17, 15) is 0 Å². The van der Waals surface area contributed by atoms with Crippen molar-refractivity contribution in [3.8, 4) is 0 Å². The first-order valence-electron chi connectivity index (χ1n) is 6.37. The molecule has 100 valence electrons. The smallest absolute Gasteiger partial charge is 0.0595 e. The van der Waals surface area contributed by atoms with Crippen molar-refractivity contribution in [2.24, 2.45) is 0 Å². The minimum atomic E-state index is 0.357. The van der Waals surface area contributed by atoms with Gasteiger partial charge in [0.1, 0.15) is 0 Å². The maximum atomic E-state index is 6.03. The van der Waals surface area contributed by atoms with Crippen molar-refractivity contribution in [1.29, 1.82) is 0 Å². The molecule has 0 radical (unpaired) electrons. The van der Waals surface area contributed by atoms with Gasteiger partial charge in [0, 0.05) is 6.04 Å². The highest BCUT2D eigenvalue weighted by Crippen LogP contribution is 2.25. The highest BCUT2D eigenvalue weighted by molar-refractivity contribution is 6.42. The molecule has 0 saturated carbocycles. The second kappa shape index (κ2) is 6.95. The van der Waals surface area contributed by atoms with Crippen molar-refractivity contribution in [3.63, 3.8) is 0 Å². The molecule has 2 rings (SSSR count). The number of nitrogens with one attached hydrogen (secondary N) is 1. The molecule has 3 heteroatoms. The third-order valence-corrected chi connectivity index (χ3v) is 4.00. The number of rotatable bonds is 5. The summed E-state index contributed by atoms with van der Waals surface area (Å²) in [5, 5.41) is 4.59. The second-order valence-electron chi connectivity index (χ2n) is 4.54. The van der Waals surface area contributed by atoms with Gasteiger partial charge in [-0.05, 0) is 43.1 Å². The zero-order valence-corrected chi connectivity index (χ0v) is 12.4. The van der Waals surface area contributed by atoms with Gasteiger partial charge >= 0.3 is 0 Å². The van der Waals surface area contributed by atoms with Crippen LogP contribution in [-0.2, 0) is 6.42 Å². The van der Waals surface area contributed by atoms with E-state index < -0.39 is 0 Å². The Morgan fingerprint density at radius 3 is 2.37 bits per heavy atom. The van der Waals surface area contributed by atoms with E-state index in [1.165, 1.54) is 11.1 Å². The van der Waals surface area contributed by atoms with Crippen LogP contribution in [0.5, 0.6) is 0 Å². The minimum Gasteiger partial charge on any atom is -0.313 e. The van der Waals surface area contributed by atoms with E-state index in [-0.39, 0.29) is 0 Å². The minimum absolute atomic E-state index is 0.357. The van der Waals surface area contributed by atoms with Gasteiger partial charge in [-0.2, -0.15) is 0 Å². The summed E-state index contributed by atoms with van der Waals surface area (Å²) >= 11 is 12.0. The molecule has 1 unspecified atom stereocenters. The fourth-order valence-electron chi connectivity index (χ4n) is 2.17. The zero-order valence-electron chi connectivity index (χ0n) is 10.9. The summed E-state index contributed by atoms with van der Waals surface area (Å²) in [4.78, 5) is 0. The van der Waals surface area contributed by atoms with Crippen LogP contribution in [0.4, 0.5) is 0 Å². The van der Waals surface area contributed by atoms with Crippen molar-refractivity contribution in [2.45, 2.75) is 18.9 Å². The second-order valence-corrected chi connectivity index (χ2v) is 5.35. The Kier molecular flexibility index (Phi) is 5.26. The highest BCUT2D eigenvalue weighted by Gasteiger charge is 2.09. The van der Waals surface area contributed by atoms with E-state index in [2.05, 4.69) is 29.6 Å². The molecule has 2 aromatic carbocycles. The molecule has 0 heterocycles. The molecule has 0 saturated heterocycles. The van der Waals surface area contributed by atoms with Crippen LogP contribution in [0.1, 0.15) is 23.6 Å². The molecule has 0 aromatic heterocycles. The van der Waals surface area contributed by atoms with Crippen molar-refractivity contribution < 1.29 is 0 Å². The number of aryl methyl sites for hydroxylation is 1. The summed E-state index contributed by atoms with van der Waals surface area (Å²) in [6, 6.07) is 16.7. The Hall–Kier alpha value is -1.02. The number of halogens is 2. The van der Waals surface area contributed by atoms with Crippen molar-refractivity contribution in [3.05, 3.63) is 69.7 Å². The van der Waals surface area contributed by atoms with Crippen molar-refractivity contribution in [2.75, 3.05) is 7.05 Å². The molecular formula is C16H17Cl2N. The Morgan fingerprint density at radius 2 is 1.74 bits per heavy atom. The lowest BCUT2D eigenvalue weighted by molar-refractivity contribution is 0.549. The highest BCUT2D eigenvalue weighted by atomic mass is 35.5. The summed E-state index contributed by atoms with van der Waals surface area (Å²) in [6.07, 6.45) is 2.00. The van der Waals surface area contributed by atoms with Gasteiger partial charge in [-0.25, -0.2) is 0 Å². The van der Waals surface area contributed by atoms with Crippen molar-refractivity contribution in [1.82, 2.24) is 5.32 Å². The average molecular weight is 294 g/mol. The maximum Gasteiger partial charge on any atom is 0.0595 e.